The smallest absolute Gasteiger partial charge is 0.434 e. The largest absolute Gasteiger partial charge is 0.488 e. The van der Waals surface area contributed by atoms with Gasteiger partial charge in [0.1, 0.15) is 12.4 Å². The number of halogens is 3. The van der Waals surface area contributed by atoms with Crippen LogP contribution in [-0.4, -0.2) is 15.4 Å². The first kappa shape index (κ1) is 23.8. The second-order valence-electron chi connectivity index (χ2n) is 7.81. The number of aromatic nitrogens is 1. The molecule has 4 nitrogen and oxygen atoms in total. The highest BCUT2D eigenvalue weighted by Crippen LogP contribution is 2.41. The monoisotopic (exact) mass is 463 g/mol. The van der Waals surface area contributed by atoms with E-state index in [2.05, 4.69) is 4.37 Å². The van der Waals surface area contributed by atoms with Crippen LogP contribution in [0.4, 0.5) is 13.2 Å². The standard InChI is InChI=1S/C24H24F3NO3S/c1-13-5-8-18(14(2)11-13)22-19(23(28-32-22)24(25,26)27)12-31-20-9-6-17(7-10-21(29)30)15(3)16(20)4/h5-6,8-9,11H,7,10,12H2,1-4H3,(H,29,30). The number of nitrogens with zero attached hydrogens (tertiary/aromatic N) is 1. The van der Waals surface area contributed by atoms with E-state index in [0.29, 0.717) is 22.6 Å². The summed E-state index contributed by atoms with van der Waals surface area (Å²) in [6.07, 6.45) is -4.20. The van der Waals surface area contributed by atoms with Crippen LogP contribution in [0, 0.1) is 27.7 Å². The van der Waals surface area contributed by atoms with Crippen molar-refractivity contribution >= 4 is 17.5 Å². The van der Waals surface area contributed by atoms with Gasteiger partial charge in [-0.2, -0.15) is 17.5 Å². The summed E-state index contributed by atoms with van der Waals surface area (Å²) in [4.78, 5) is 11.3. The molecule has 0 saturated carbocycles. The maximum atomic E-state index is 13.7. The number of hydrogen-bond acceptors (Lipinski definition) is 4. The maximum absolute atomic E-state index is 13.7. The topological polar surface area (TPSA) is 59.4 Å². The third kappa shape index (κ3) is 5.12. The second kappa shape index (κ2) is 9.32. The van der Waals surface area contributed by atoms with Crippen molar-refractivity contribution in [2.24, 2.45) is 0 Å². The van der Waals surface area contributed by atoms with E-state index >= 15 is 0 Å². The molecular weight excluding hydrogens is 439 g/mol. The summed E-state index contributed by atoms with van der Waals surface area (Å²) in [6.45, 7) is 7.19. The molecule has 0 atom stereocenters. The molecule has 0 aliphatic heterocycles. The van der Waals surface area contributed by atoms with Crippen molar-refractivity contribution in [2.45, 2.75) is 53.3 Å². The Kier molecular flexibility index (Phi) is 6.93. The molecule has 3 aromatic rings. The first-order chi connectivity index (χ1) is 15.0. The molecule has 0 spiro atoms. The van der Waals surface area contributed by atoms with Gasteiger partial charge in [-0.15, -0.1) is 0 Å². The number of alkyl halides is 3. The summed E-state index contributed by atoms with van der Waals surface area (Å²) in [5.41, 5.74) is 4.22. The number of carboxylic acids is 1. The van der Waals surface area contributed by atoms with Crippen LogP contribution < -0.4 is 4.74 Å². The van der Waals surface area contributed by atoms with E-state index in [0.717, 1.165) is 39.3 Å². The lowest BCUT2D eigenvalue weighted by Crippen LogP contribution is -2.11. The Hall–Kier alpha value is -2.87. The van der Waals surface area contributed by atoms with Crippen molar-refractivity contribution in [1.82, 2.24) is 4.37 Å². The van der Waals surface area contributed by atoms with Gasteiger partial charge in [0, 0.05) is 12.0 Å². The third-order valence-corrected chi connectivity index (χ3v) is 6.44. The molecule has 0 bridgehead atoms. The van der Waals surface area contributed by atoms with Crippen LogP contribution in [0.25, 0.3) is 10.4 Å². The van der Waals surface area contributed by atoms with Gasteiger partial charge >= 0.3 is 12.1 Å². The highest BCUT2D eigenvalue weighted by molar-refractivity contribution is 7.09. The zero-order valence-corrected chi connectivity index (χ0v) is 19.1. The Morgan fingerprint density at radius 3 is 2.44 bits per heavy atom. The van der Waals surface area contributed by atoms with Crippen LogP contribution in [0.3, 0.4) is 0 Å². The van der Waals surface area contributed by atoms with Gasteiger partial charge in [0.05, 0.1) is 4.88 Å². The molecule has 1 aromatic heterocycles. The molecule has 170 valence electrons. The van der Waals surface area contributed by atoms with Gasteiger partial charge < -0.3 is 9.84 Å². The zero-order valence-electron chi connectivity index (χ0n) is 18.3. The number of carbonyl (C=O) groups is 1. The first-order valence-corrected chi connectivity index (χ1v) is 10.8. The summed E-state index contributed by atoms with van der Waals surface area (Å²) in [5.74, 6) is -0.418. The van der Waals surface area contributed by atoms with Crippen molar-refractivity contribution in [3.8, 4) is 16.2 Å². The number of hydrogen-bond donors (Lipinski definition) is 1. The summed E-state index contributed by atoms with van der Waals surface area (Å²) < 4.78 is 50.5. The summed E-state index contributed by atoms with van der Waals surface area (Å²) in [6, 6.07) is 9.06. The van der Waals surface area contributed by atoms with Gasteiger partial charge in [0.2, 0.25) is 0 Å². The predicted octanol–water partition coefficient (Wildman–Crippen LogP) is 6.66. The molecule has 0 aliphatic carbocycles. The molecule has 0 amide bonds. The number of rotatable bonds is 7. The number of aryl methyl sites for hydroxylation is 3. The molecule has 3 rings (SSSR count). The Labute approximate surface area is 188 Å². The van der Waals surface area contributed by atoms with Crippen molar-refractivity contribution in [2.75, 3.05) is 0 Å². The average Bonchev–Trinajstić information content (AvgIpc) is 3.12. The Morgan fingerprint density at radius 2 is 1.81 bits per heavy atom. The molecule has 1 N–H and O–H groups in total. The minimum atomic E-state index is -4.59. The van der Waals surface area contributed by atoms with Gasteiger partial charge in [0.15, 0.2) is 5.69 Å². The Morgan fingerprint density at radius 1 is 1.09 bits per heavy atom. The fourth-order valence-electron chi connectivity index (χ4n) is 3.62. The van der Waals surface area contributed by atoms with E-state index in [4.69, 9.17) is 9.84 Å². The molecule has 8 heteroatoms. The number of aliphatic carboxylic acids is 1. The van der Waals surface area contributed by atoms with Crippen molar-refractivity contribution < 1.29 is 27.8 Å². The van der Waals surface area contributed by atoms with Crippen LogP contribution >= 0.6 is 11.5 Å². The quantitative estimate of drug-likeness (QED) is 0.426. The van der Waals surface area contributed by atoms with Crippen LogP contribution in [-0.2, 0) is 24.0 Å². The number of benzene rings is 2. The summed E-state index contributed by atoms with van der Waals surface area (Å²) >= 11 is 0.825. The fourth-order valence-corrected chi connectivity index (χ4v) is 4.61. The SMILES string of the molecule is Cc1ccc(-c2snc(C(F)(F)F)c2COc2ccc(CCC(=O)O)c(C)c2C)c(C)c1. The van der Waals surface area contributed by atoms with Crippen LogP contribution in [0.1, 0.15) is 45.5 Å². The van der Waals surface area contributed by atoms with Crippen LogP contribution in [0.5, 0.6) is 5.75 Å². The molecule has 0 fully saturated rings. The van der Waals surface area contributed by atoms with Crippen LogP contribution in [0.15, 0.2) is 30.3 Å². The van der Waals surface area contributed by atoms with E-state index in [1.165, 1.54) is 0 Å². The van der Waals surface area contributed by atoms with Gasteiger partial charge in [-0.1, -0.05) is 29.8 Å². The number of ether oxygens (including phenoxy) is 1. The molecule has 0 radical (unpaired) electrons. The van der Waals surface area contributed by atoms with E-state index in [-0.39, 0.29) is 18.6 Å². The summed E-state index contributed by atoms with van der Waals surface area (Å²) in [7, 11) is 0. The molecule has 0 aliphatic rings. The summed E-state index contributed by atoms with van der Waals surface area (Å²) in [5, 5.41) is 8.90. The van der Waals surface area contributed by atoms with Gasteiger partial charge in [-0.3, -0.25) is 4.79 Å². The van der Waals surface area contributed by atoms with Gasteiger partial charge in [-0.05, 0) is 79.5 Å². The van der Waals surface area contributed by atoms with E-state index in [1.807, 2.05) is 45.9 Å². The van der Waals surface area contributed by atoms with Crippen molar-refractivity contribution in [3.05, 3.63) is 69.4 Å². The molecule has 2 aromatic carbocycles. The fraction of sp³-hybridized carbons (Fsp3) is 0.333. The molecule has 1 heterocycles. The highest BCUT2D eigenvalue weighted by atomic mass is 32.1. The number of carboxylic acid groups (broad SMARTS) is 1. The third-order valence-electron chi connectivity index (χ3n) is 5.51. The normalized spacial score (nSPS) is 11.6. The molecule has 0 saturated heterocycles. The van der Waals surface area contributed by atoms with E-state index in [1.54, 1.807) is 12.1 Å². The van der Waals surface area contributed by atoms with Crippen molar-refractivity contribution in [1.29, 1.82) is 0 Å². The first-order valence-electron chi connectivity index (χ1n) is 10.1. The Balaban J connectivity index is 1.94. The van der Waals surface area contributed by atoms with E-state index < -0.39 is 17.8 Å². The second-order valence-corrected chi connectivity index (χ2v) is 8.58. The molecule has 0 unspecified atom stereocenters. The minimum absolute atomic E-state index is 0.00919. The zero-order chi connectivity index (χ0) is 23.6. The van der Waals surface area contributed by atoms with Gasteiger partial charge in [0.25, 0.3) is 0 Å². The van der Waals surface area contributed by atoms with Crippen LogP contribution in [0.2, 0.25) is 0 Å². The Bertz CT molecular complexity index is 1150. The lowest BCUT2D eigenvalue weighted by atomic mass is 9.98. The van der Waals surface area contributed by atoms with Gasteiger partial charge in [-0.25, -0.2) is 0 Å². The molecule has 32 heavy (non-hydrogen) atoms. The lowest BCUT2D eigenvalue weighted by Gasteiger charge is -2.16. The minimum Gasteiger partial charge on any atom is -0.488 e. The average molecular weight is 464 g/mol. The molecular formula is C24H24F3NO3S. The van der Waals surface area contributed by atoms with E-state index in [9.17, 15) is 18.0 Å². The van der Waals surface area contributed by atoms with Crippen molar-refractivity contribution in [3.63, 3.8) is 0 Å². The predicted molar refractivity (Wildman–Crippen MR) is 118 cm³/mol. The maximum Gasteiger partial charge on any atom is 0.434 e. The lowest BCUT2D eigenvalue weighted by molar-refractivity contribution is -0.141. The highest BCUT2D eigenvalue weighted by Gasteiger charge is 2.38.